The maximum atomic E-state index is 5.70. The highest BCUT2D eigenvalue weighted by atomic mass is 16.5. The second kappa shape index (κ2) is 6.52. The molecular formula is C16H22N4O. The Morgan fingerprint density at radius 2 is 1.86 bits per heavy atom. The number of nitrogens with zero attached hydrogens (tertiary/aromatic N) is 3. The molecule has 0 saturated heterocycles. The van der Waals surface area contributed by atoms with Gasteiger partial charge in [-0.15, -0.1) is 0 Å². The highest BCUT2D eigenvalue weighted by molar-refractivity contribution is 5.72. The van der Waals surface area contributed by atoms with Crippen LogP contribution < -0.4 is 10.1 Å². The predicted molar refractivity (Wildman–Crippen MR) is 84.7 cm³/mol. The van der Waals surface area contributed by atoms with Crippen molar-refractivity contribution in [1.29, 1.82) is 0 Å². The Hall–Kier alpha value is -2.17. The number of hydrogen-bond donors (Lipinski definition) is 1. The first-order valence-corrected chi connectivity index (χ1v) is 7.22. The first-order chi connectivity index (χ1) is 10.0. The smallest absolute Gasteiger partial charge is 0.152 e. The number of pyridine rings is 1. The van der Waals surface area contributed by atoms with E-state index >= 15 is 0 Å². The largest absolute Gasteiger partial charge is 0.489 e. The molecule has 112 valence electrons. The fourth-order valence-electron chi connectivity index (χ4n) is 1.98. The van der Waals surface area contributed by atoms with Crippen LogP contribution in [0, 0.1) is 13.8 Å². The fraction of sp³-hybridized carbons (Fsp3) is 0.438. The van der Waals surface area contributed by atoms with Crippen LogP contribution in [-0.2, 0) is 0 Å². The van der Waals surface area contributed by atoms with E-state index in [1.165, 1.54) is 0 Å². The van der Waals surface area contributed by atoms with Crippen LogP contribution in [0.15, 0.2) is 18.5 Å². The van der Waals surface area contributed by atoms with Gasteiger partial charge in [-0.2, -0.15) is 0 Å². The summed E-state index contributed by atoms with van der Waals surface area (Å²) in [5.41, 5.74) is 3.56. The molecule has 1 N–H and O–H groups in total. The molecule has 2 heterocycles. The third-order valence-corrected chi connectivity index (χ3v) is 3.01. The van der Waals surface area contributed by atoms with E-state index in [9.17, 15) is 0 Å². The van der Waals surface area contributed by atoms with E-state index in [0.717, 1.165) is 40.8 Å². The summed E-state index contributed by atoms with van der Waals surface area (Å²) in [6.45, 7) is 10.7. The SMILES string of the molecule is CCNc1nc(C)c(C)nc1-c1cncc(OC(C)C)c1. The van der Waals surface area contributed by atoms with E-state index in [-0.39, 0.29) is 6.10 Å². The van der Waals surface area contributed by atoms with Crippen molar-refractivity contribution in [1.82, 2.24) is 15.0 Å². The molecule has 21 heavy (non-hydrogen) atoms. The van der Waals surface area contributed by atoms with Gasteiger partial charge in [0.25, 0.3) is 0 Å². The molecule has 0 aliphatic carbocycles. The van der Waals surface area contributed by atoms with Gasteiger partial charge in [0.15, 0.2) is 5.82 Å². The topological polar surface area (TPSA) is 59.9 Å². The van der Waals surface area contributed by atoms with Gasteiger partial charge in [-0.25, -0.2) is 9.97 Å². The predicted octanol–water partition coefficient (Wildman–Crippen LogP) is 3.37. The van der Waals surface area contributed by atoms with E-state index in [0.29, 0.717) is 0 Å². The van der Waals surface area contributed by atoms with Gasteiger partial charge in [-0.3, -0.25) is 4.98 Å². The number of ether oxygens (including phenoxy) is 1. The minimum Gasteiger partial charge on any atom is -0.489 e. The molecule has 0 saturated carbocycles. The van der Waals surface area contributed by atoms with Crippen molar-refractivity contribution in [3.05, 3.63) is 29.8 Å². The van der Waals surface area contributed by atoms with Gasteiger partial charge >= 0.3 is 0 Å². The summed E-state index contributed by atoms with van der Waals surface area (Å²) in [6.07, 6.45) is 3.61. The lowest BCUT2D eigenvalue weighted by molar-refractivity contribution is 0.241. The fourth-order valence-corrected chi connectivity index (χ4v) is 1.98. The number of anilines is 1. The average Bonchev–Trinajstić information content (AvgIpc) is 2.42. The molecule has 0 amide bonds. The lowest BCUT2D eigenvalue weighted by Gasteiger charge is -2.13. The number of aryl methyl sites for hydroxylation is 2. The van der Waals surface area contributed by atoms with Crippen LogP contribution in [0.3, 0.4) is 0 Å². The second-order valence-corrected chi connectivity index (χ2v) is 5.20. The van der Waals surface area contributed by atoms with Gasteiger partial charge in [0.2, 0.25) is 0 Å². The van der Waals surface area contributed by atoms with Crippen molar-refractivity contribution >= 4 is 5.82 Å². The van der Waals surface area contributed by atoms with Gasteiger partial charge in [-0.05, 0) is 40.7 Å². The Bertz CT molecular complexity index is 626. The molecule has 0 aromatic carbocycles. The number of rotatable bonds is 5. The van der Waals surface area contributed by atoms with E-state index in [1.54, 1.807) is 12.4 Å². The van der Waals surface area contributed by atoms with Crippen LogP contribution in [0.2, 0.25) is 0 Å². The van der Waals surface area contributed by atoms with Crippen LogP contribution in [-0.4, -0.2) is 27.6 Å². The van der Waals surface area contributed by atoms with Gasteiger partial charge in [0.05, 0.1) is 23.7 Å². The zero-order chi connectivity index (χ0) is 15.4. The molecule has 2 aromatic rings. The molecule has 5 nitrogen and oxygen atoms in total. The summed E-state index contributed by atoms with van der Waals surface area (Å²) in [5.74, 6) is 1.52. The minimum atomic E-state index is 0.112. The number of aromatic nitrogens is 3. The summed E-state index contributed by atoms with van der Waals surface area (Å²) in [6, 6.07) is 1.95. The third kappa shape index (κ3) is 3.68. The van der Waals surface area contributed by atoms with E-state index in [1.807, 2.05) is 40.7 Å². The molecular weight excluding hydrogens is 264 g/mol. The Labute approximate surface area is 125 Å². The van der Waals surface area contributed by atoms with Crippen LogP contribution in [0.5, 0.6) is 5.75 Å². The molecule has 0 unspecified atom stereocenters. The lowest BCUT2D eigenvalue weighted by Crippen LogP contribution is -2.07. The van der Waals surface area contributed by atoms with Crippen molar-refractivity contribution in [2.24, 2.45) is 0 Å². The molecule has 2 rings (SSSR count). The Morgan fingerprint density at radius 1 is 1.14 bits per heavy atom. The van der Waals surface area contributed by atoms with Crippen molar-refractivity contribution < 1.29 is 4.74 Å². The second-order valence-electron chi connectivity index (χ2n) is 5.20. The first kappa shape index (κ1) is 15.2. The zero-order valence-corrected chi connectivity index (χ0v) is 13.3. The molecule has 0 radical (unpaired) electrons. The first-order valence-electron chi connectivity index (χ1n) is 7.22. The van der Waals surface area contributed by atoms with E-state index < -0.39 is 0 Å². The monoisotopic (exact) mass is 286 g/mol. The highest BCUT2D eigenvalue weighted by Crippen LogP contribution is 2.27. The van der Waals surface area contributed by atoms with E-state index in [2.05, 4.69) is 20.3 Å². The standard InChI is InChI=1S/C16H22N4O/c1-6-18-16-15(19-11(4)12(5)20-16)13-7-14(9-17-8-13)21-10(2)3/h7-10H,6H2,1-5H3,(H,18,20). The summed E-state index contributed by atoms with van der Waals surface area (Å²) in [4.78, 5) is 13.5. The third-order valence-electron chi connectivity index (χ3n) is 3.01. The van der Waals surface area contributed by atoms with Crippen molar-refractivity contribution in [2.45, 2.75) is 40.7 Å². The maximum Gasteiger partial charge on any atom is 0.152 e. The number of nitrogens with one attached hydrogen (secondary N) is 1. The van der Waals surface area contributed by atoms with Crippen molar-refractivity contribution in [2.75, 3.05) is 11.9 Å². The quantitative estimate of drug-likeness (QED) is 0.913. The minimum absolute atomic E-state index is 0.112. The molecule has 0 spiro atoms. The van der Waals surface area contributed by atoms with Crippen molar-refractivity contribution in [3.63, 3.8) is 0 Å². The summed E-state index contributed by atoms with van der Waals surface area (Å²) in [7, 11) is 0. The van der Waals surface area contributed by atoms with Crippen LogP contribution in [0.4, 0.5) is 5.82 Å². The molecule has 5 heteroatoms. The average molecular weight is 286 g/mol. The molecule has 0 fully saturated rings. The Morgan fingerprint density at radius 3 is 2.52 bits per heavy atom. The number of hydrogen-bond acceptors (Lipinski definition) is 5. The summed E-state index contributed by atoms with van der Waals surface area (Å²) >= 11 is 0. The van der Waals surface area contributed by atoms with Crippen molar-refractivity contribution in [3.8, 4) is 17.0 Å². The van der Waals surface area contributed by atoms with Gasteiger partial charge in [0.1, 0.15) is 11.4 Å². The normalized spacial score (nSPS) is 10.8. The molecule has 0 aliphatic rings. The van der Waals surface area contributed by atoms with E-state index in [4.69, 9.17) is 4.74 Å². The molecule has 0 atom stereocenters. The zero-order valence-electron chi connectivity index (χ0n) is 13.3. The molecule has 2 aromatic heterocycles. The van der Waals surface area contributed by atoms with Gasteiger partial charge in [-0.1, -0.05) is 0 Å². The lowest BCUT2D eigenvalue weighted by atomic mass is 10.2. The van der Waals surface area contributed by atoms with Crippen LogP contribution in [0.1, 0.15) is 32.2 Å². The van der Waals surface area contributed by atoms with Gasteiger partial charge in [0, 0.05) is 18.3 Å². The Balaban J connectivity index is 2.47. The summed E-state index contributed by atoms with van der Waals surface area (Å²) < 4.78 is 5.70. The summed E-state index contributed by atoms with van der Waals surface area (Å²) in [5, 5.41) is 3.26. The molecule has 0 bridgehead atoms. The maximum absolute atomic E-state index is 5.70. The van der Waals surface area contributed by atoms with Crippen LogP contribution in [0.25, 0.3) is 11.3 Å². The van der Waals surface area contributed by atoms with Gasteiger partial charge < -0.3 is 10.1 Å². The molecule has 0 aliphatic heterocycles. The highest BCUT2D eigenvalue weighted by Gasteiger charge is 2.12. The Kier molecular flexibility index (Phi) is 4.73. The van der Waals surface area contributed by atoms with Crippen LogP contribution >= 0.6 is 0 Å².